The summed E-state index contributed by atoms with van der Waals surface area (Å²) in [5, 5.41) is 3.60. The fraction of sp³-hybridized carbons (Fsp3) is 0.148. The van der Waals surface area contributed by atoms with Gasteiger partial charge in [0.2, 0.25) is 0 Å². The highest BCUT2D eigenvalue weighted by molar-refractivity contribution is 6.14. The number of hydrogen-bond acceptors (Lipinski definition) is 5. The molecule has 6 nitrogen and oxygen atoms in total. The van der Waals surface area contributed by atoms with Gasteiger partial charge in [-0.25, -0.2) is 9.78 Å². The molecule has 0 fully saturated rings. The minimum absolute atomic E-state index is 0.252. The van der Waals surface area contributed by atoms with Gasteiger partial charge in [0.25, 0.3) is 5.91 Å². The Kier molecular flexibility index (Phi) is 6.64. The number of para-hydroxylation sites is 2. The van der Waals surface area contributed by atoms with Crippen molar-refractivity contribution in [3.8, 4) is 17.0 Å². The average Bonchev–Trinajstić information content (AvgIpc) is 2.84. The molecule has 33 heavy (non-hydrogen) atoms. The summed E-state index contributed by atoms with van der Waals surface area (Å²) in [6, 6.07) is 23.6. The molecular weight excluding hydrogens is 416 g/mol. The van der Waals surface area contributed by atoms with Crippen LogP contribution in [0.1, 0.15) is 34.6 Å². The van der Waals surface area contributed by atoms with Gasteiger partial charge >= 0.3 is 5.97 Å². The zero-order valence-electron chi connectivity index (χ0n) is 18.5. The van der Waals surface area contributed by atoms with Crippen molar-refractivity contribution in [3.05, 3.63) is 90.0 Å². The molecule has 1 amide bonds. The Hall–Kier alpha value is -4.19. The summed E-state index contributed by atoms with van der Waals surface area (Å²) in [4.78, 5) is 30.4. The number of esters is 1. The molecule has 4 rings (SSSR count). The number of aromatic nitrogens is 1. The molecule has 6 heteroatoms. The van der Waals surface area contributed by atoms with E-state index in [0.717, 1.165) is 16.7 Å². The standard InChI is InChI=1S/C27H24N2O4/c1-3-32-19-15-13-18(14-16-19)25-17-22(20-9-5-7-11-23(20)28-25)26(30)29-24-12-8-6-10-21(24)27(31)33-4-2/h5-17H,3-4H2,1-2H3,(H,29,30). The first-order valence-corrected chi connectivity index (χ1v) is 10.8. The largest absolute Gasteiger partial charge is 0.494 e. The predicted molar refractivity (Wildman–Crippen MR) is 129 cm³/mol. The van der Waals surface area contributed by atoms with E-state index in [1.54, 1.807) is 37.3 Å². The molecule has 3 aromatic carbocycles. The zero-order chi connectivity index (χ0) is 23.2. The number of ether oxygens (including phenoxy) is 2. The molecule has 166 valence electrons. The summed E-state index contributed by atoms with van der Waals surface area (Å²) < 4.78 is 10.6. The van der Waals surface area contributed by atoms with E-state index in [-0.39, 0.29) is 12.5 Å². The second-order valence-electron chi connectivity index (χ2n) is 7.25. The summed E-state index contributed by atoms with van der Waals surface area (Å²) in [6.07, 6.45) is 0. The quantitative estimate of drug-likeness (QED) is 0.371. The highest BCUT2D eigenvalue weighted by atomic mass is 16.5. The molecule has 0 spiro atoms. The summed E-state index contributed by atoms with van der Waals surface area (Å²) in [5.41, 5.74) is 3.39. The van der Waals surface area contributed by atoms with Gasteiger partial charge in [-0.05, 0) is 62.4 Å². The monoisotopic (exact) mass is 440 g/mol. The lowest BCUT2D eigenvalue weighted by molar-refractivity contribution is 0.0527. The SMILES string of the molecule is CCOC(=O)c1ccccc1NC(=O)c1cc(-c2ccc(OCC)cc2)nc2ccccc12. The Morgan fingerprint density at radius 2 is 1.58 bits per heavy atom. The Balaban J connectivity index is 1.73. The number of carbonyl (C=O) groups is 2. The van der Waals surface area contributed by atoms with Gasteiger partial charge in [-0.15, -0.1) is 0 Å². The molecule has 0 bridgehead atoms. The van der Waals surface area contributed by atoms with Gasteiger partial charge in [-0.3, -0.25) is 4.79 Å². The minimum atomic E-state index is -0.483. The molecule has 0 unspecified atom stereocenters. The normalized spacial score (nSPS) is 10.6. The lowest BCUT2D eigenvalue weighted by Gasteiger charge is -2.13. The zero-order valence-corrected chi connectivity index (χ0v) is 18.5. The fourth-order valence-electron chi connectivity index (χ4n) is 3.57. The molecular formula is C27H24N2O4. The minimum Gasteiger partial charge on any atom is -0.494 e. The van der Waals surface area contributed by atoms with Crippen LogP contribution in [0.25, 0.3) is 22.2 Å². The van der Waals surface area contributed by atoms with Gasteiger partial charge in [0.05, 0.1) is 41.2 Å². The summed E-state index contributed by atoms with van der Waals surface area (Å²) in [6.45, 7) is 4.52. The highest BCUT2D eigenvalue weighted by Gasteiger charge is 2.18. The highest BCUT2D eigenvalue weighted by Crippen LogP contribution is 2.27. The molecule has 0 radical (unpaired) electrons. The van der Waals surface area contributed by atoms with Crippen molar-refractivity contribution in [1.29, 1.82) is 0 Å². The number of anilines is 1. The van der Waals surface area contributed by atoms with Crippen molar-refractivity contribution in [2.75, 3.05) is 18.5 Å². The first-order chi connectivity index (χ1) is 16.1. The molecule has 0 saturated carbocycles. The Morgan fingerprint density at radius 3 is 2.33 bits per heavy atom. The molecule has 1 heterocycles. The third-order valence-electron chi connectivity index (χ3n) is 5.09. The van der Waals surface area contributed by atoms with E-state index < -0.39 is 5.97 Å². The third-order valence-corrected chi connectivity index (χ3v) is 5.09. The van der Waals surface area contributed by atoms with Crippen molar-refractivity contribution in [1.82, 2.24) is 4.98 Å². The van der Waals surface area contributed by atoms with E-state index in [1.807, 2.05) is 55.5 Å². The number of pyridine rings is 1. The van der Waals surface area contributed by atoms with Crippen molar-refractivity contribution in [2.24, 2.45) is 0 Å². The van der Waals surface area contributed by atoms with Crippen LogP contribution in [0, 0.1) is 0 Å². The molecule has 0 aliphatic carbocycles. The van der Waals surface area contributed by atoms with Crippen LogP contribution in [0.2, 0.25) is 0 Å². The molecule has 4 aromatic rings. The van der Waals surface area contributed by atoms with Crippen LogP contribution in [0.5, 0.6) is 5.75 Å². The topological polar surface area (TPSA) is 77.5 Å². The molecule has 0 aliphatic heterocycles. The maximum atomic E-state index is 13.4. The number of rotatable bonds is 7. The lowest BCUT2D eigenvalue weighted by Crippen LogP contribution is -2.16. The number of benzene rings is 3. The molecule has 0 atom stereocenters. The van der Waals surface area contributed by atoms with E-state index in [4.69, 9.17) is 14.5 Å². The summed E-state index contributed by atoms with van der Waals surface area (Å²) in [7, 11) is 0. The molecule has 0 saturated heterocycles. The lowest BCUT2D eigenvalue weighted by atomic mass is 10.0. The number of amides is 1. The summed E-state index contributed by atoms with van der Waals surface area (Å²) in [5.74, 6) is -0.0452. The Bertz CT molecular complexity index is 1300. The van der Waals surface area contributed by atoms with Gasteiger partial charge in [0.1, 0.15) is 5.75 Å². The van der Waals surface area contributed by atoms with Crippen molar-refractivity contribution >= 4 is 28.5 Å². The average molecular weight is 440 g/mol. The van der Waals surface area contributed by atoms with Gasteiger partial charge in [-0.1, -0.05) is 30.3 Å². The predicted octanol–water partition coefficient (Wildman–Crippen LogP) is 5.73. The van der Waals surface area contributed by atoms with E-state index in [2.05, 4.69) is 5.32 Å². The first-order valence-electron chi connectivity index (χ1n) is 10.8. The van der Waals surface area contributed by atoms with E-state index in [9.17, 15) is 9.59 Å². The maximum Gasteiger partial charge on any atom is 0.340 e. The number of nitrogens with one attached hydrogen (secondary N) is 1. The van der Waals surface area contributed by atoms with Crippen LogP contribution in [0.4, 0.5) is 5.69 Å². The number of fused-ring (bicyclic) bond motifs is 1. The van der Waals surface area contributed by atoms with Crippen LogP contribution in [0.15, 0.2) is 78.9 Å². The van der Waals surface area contributed by atoms with Crippen LogP contribution >= 0.6 is 0 Å². The second-order valence-corrected chi connectivity index (χ2v) is 7.25. The van der Waals surface area contributed by atoms with Crippen LogP contribution in [-0.2, 0) is 4.74 Å². The van der Waals surface area contributed by atoms with Gasteiger partial charge in [0.15, 0.2) is 0 Å². The van der Waals surface area contributed by atoms with Gasteiger partial charge in [-0.2, -0.15) is 0 Å². The number of hydrogen-bond donors (Lipinski definition) is 1. The van der Waals surface area contributed by atoms with E-state index in [0.29, 0.717) is 34.6 Å². The van der Waals surface area contributed by atoms with Crippen LogP contribution in [-0.4, -0.2) is 30.1 Å². The fourth-order valence-corrected chi connectivity index (χ4v) is 3.57. The molecule has 1 aromatic heterocycles. The maximum absolute atomic E-state index is 13.4. The number of nitrogens with zero attached hydrogens (tertiary/aromatic N) is 1. The van der Waals surface area contributed by atoms with Crippen molar-refractivity contribution in [2.45, 2.75) is 13.8 Å². The molecule has 1 N–H and O–H groups in total. The van der Waals surface area contributed by atoms with Crippen LogP contribution < -0.4 is 10.1 Å². The smallest absolute Gasteiger partial charge is 0.340 e. The van der Waals surface area contributed by atoms with E-state index in [1.165, 1.54) is 0 Å². The van der Waals surface area contributed by atoms with Gasteiger partial charge in [0, 0.05) is 10.9 Å². The molecule has 0 aliphatic rings. The van der Waals surface area contributed by atoms with Crippen molar-refractivity contribution in [3.63, 3.8) is 0 Å². The Labute approximate surface area is 192 Å². The van der Waals surface area contributed by atoms with Crippen LogP contribution in [0.3, 0.4) is 0 Å². The van der Waals surface area contributed by atoms with E-state index >= 15 is 0 Å². The first kappa shape index (κ1) is 22.0. The third kappa shape index (κ3) is 4.85. The number of carbonyl (C=O) groups excluding carboxylic acids is 2. The van der Waals surface area contributed by atoms with Crippen molar-refractivity contribution < 1.29 is 19.1 Å². The second kappa shape index (κ2) is 9.96. The van der Waals surface area contributed by atoms with Gasteiger partial charge < -0.3 is 14.8 Å². The summed E-state index contributed by atoms with van der Waals surface area (Å²) >= 11 is 0. The Morgan fingerprint density at radius 1 is 0.848 bits per heavy atom.